The molecule has 0 bridgehead atoms. The third-order valence-corrected chi connectivity index (χ3v) is 7.13. The topological polar surface area (TPSA) is 73.9 Å². The molecule has 2 saturated carbocycles. The van der Waals surface area contributed by atoms with Crippen molar-refractivity contribution >= 4 is 11.7 Å². The molecule has 1 aliphatic heterocycles. The van der Waals surface area contributed by atoms with Gasteiger partial charge in [-0.1, -0.05) is 23.8 Å². The zero-order chi connectivity index (χ0) is 21.8. The fraction of sp³-hybridized carbons (Fsp3) is 0.440. The number of fused-ring (bicyclic) bond motifs is 3. The second kappa shape index (κ2) is 7.29. The molecular weight excluding hydrogens is 394 g/mol. The van der Waals surface area contributed by atoms with Crippen molar-refractivity contribution in [1.29, 1.82) is 0 Å². The average molecular weight is 421 g/mol. The smallest absolute Gasteiger partial charge is 0.224 e. The number of aryl methyl sites for hydroxylation is 1. The average Bonchev–Trinajstić information content (AvgIpc) is 3.42. The van der Waals surface area contributed by atoms with E-state index in [1.807, 2.05) is 43.3 Å². The van der Waals surface area contributed by atoms with Crippen LogP contribution >= 0.6 is 0 Å². The second-order valence-electron chi connectivity index (χ2n) is 8.89. The van der Waals surface area contributed by atoms with Crippen molar-refractivity contribution < 1.29 is 23.8 Å². The first-order valence-electron chi connectivity index (χ1n) is 10.8. The number of ketones is 1. The summed E-state index contributed by atoms with van der Waals surface area (Å²) in [5.74, 6) is 2.35. The van der Waals surface area contributed by atoms with Crippen LogP contribution in [0.2, 0.25) is 0 Å². The number of carbonyl (C=O) groups excluding carboxylic acids is 2. The fourth-order valence-corrected chi connectivity index (χ4v) is 5.68. The number of carbonyl (C=O) groups is 2. The molecule has 31 heavy (non-hydrogen) atoms. The summed E-state index contributed by atoms with van der Waals surface area (Å²) in [6, 6.07) is 11.4. The van der Waals surface area contributed by atoms with Crippen molar-refractivity contribution in [2.45, 2.75) is 38.3 Å². The lowest BCUT2D eigenvalue weighted by molar-refractivity contribution is -0.124. The quantitative estimate of drug-likeness (QED) is 0.797. The molecule has 2 aromatic carbocycles. The molecule has 1 heterocycles. The molecule has 0 unspecified atom stereocenters. The molecule has 4 atom stereocenters. The van der Waals surface area contributed by atoms with Gasteiger partial charge < -0.3 is 19.5 Å². The van der Waals surface area contributed by atoms with Gasteiger partial charge in [-0.05, 0) is 43.9 Å². The summed E-state index contributed by atoms with van der Waals surface area (Å²) >= 11 is 0. The van der Waals surface area contributed by atoms with Crippen molar-refractivity contribution in [3.63, 3.8) is 0 Å². The number of hydrogen-bond donors (Lipinski definition) is 1. The summed E-state index contributed by atoms with van der Waals surface area (Å²) in [5, 5.41) is 3.06. The maximum Gasteiger partial charge on any atom is 0.224 e. The van der Waals surface area contributed by atoms with Gasteiger partial charge in [0, 0.05) is 23.9 Å². The lowest BCUT2D eigenvalue weighted by Gasteiger charge is -2.37. The molecule has 6 heteroatoms. The van der Waals surface area contributed by atoms with E-state index in [9.17, 15) is 9.59 Å². The van der Waals surface area contributed by atoms with Gasteiger partial charge in [-0.15, -0.1) is 0 Å². The van der Waals surface area contributed by atoms with Crippen LogP contribution in [-0.2, 0) is 11.3 Å². The van der Waals surface area contributed by atoms with Gasteiger partial charge in [-0.2, -0.15) is 0 Å². The zero-order valence-electron chi connectivity index (χ0n) is 18.1. The number of nitrogens with one attached hydrogen (secondary N) is 1. The Labute approximate surface area is 181 Å². The molecule has 1 spiro atoms. The Morgan fingerprint density at radius 1 is 1.23 bits per heavy atom. The highest BCUT2D eigenvalue weighted by molar-refractivity contribution is 6.01. The van der Waals surface area contributed by atoms with Gasteiger partial charge in [0.05, 0.1) is 26.2 Å². The summed E-state index contributed by atoms with van der Waals surface area (Å²) in [6.45, 7) is 2.34. The molecule has 0 saturated heterocycles. The number of methoxy groups -OCH3 is 2. The van der Waals surface area contributed by atoms with Gasteiger partial charge in [-0.3, -0.25) is 9.59 Å². The van der Waals surface area contributed by atoms with Crippen LogP contribution in [0.15, 0.2) is 36.4 Å². The Morgan fingerprint density at radius 3 is 2.84 bits per heavy atom. The minimum atomic E-state index is -0.542. The Balaban J connectivity index is 1.30. The summed E-state index contributed by atoms with van der Waals surface area (Å²) in [7, 11) is 3.19. The molecule has 6 nitrogen and oxygen atoms in total. The molecule has 0 aromatic heterocycles. The number of rotatable bonds is 5. The number of ether oxygens (including phenoxy) is 3. The second-order valence-corrected chi connectivity index (χ2v) is 8.89. The number of hydrogen-bond acceptors (Lipinski definition) is 5. The van der Waals surface area contributed by atoms with E-state index in [-0.39, 0.29) is 29.4 Å². The van der Waals surface area contributed by atoms with Gasteiger partial charge >= 0.3 is 0 Å². The standard InChI is InChI=1S/C25H27NO5/c1-14-7-8-19-17(11-14)18(27)12-25(31-19)10-9-16-21(22(16)25)24(28)26-13-15-5-4-6-20(29-2)23(15)30-3/h4-8,11,16,21-22H,9-10,12-13H2,1-3H3,(H,26,28)/t16-,21-,22-,25+/m1/s1. The largest absolute Gasteiger partial charge is 0.493 e. The Hall–Kier alpha value is -3.02. The van der Waals surface area contributed by atoms with Crippen LogP contribution in [0.4, 0.5) is 0 Å². The molecule has 2 fully saturated rings. The minimum Gasteiger partial charge on any atom is -0.493 e. The van der Waals surface area contributed by atoms with Crippen LogP contribution in [-0.4, -0.2) is 31.5 Å². The Morgan fingerprint density at radius 2 is 2.06 bits per heavy atom. The lowest BCUT2D eigenvalue weighted by Crippen LogP contribution is -2.44. The van der Waals surface area contributed by atoms with Gasteiger partial charge in [0.25, 0.3) is 0 Å². The van der Waals surface area contributed by atoms with Gasteiger partial charge in [0.2, 0.25) is 5.91 Å². The molecule has 162 valence electrons. The molecule has 0 radical (unpaired) electrons. The fourth-order valence-electron chi connectivity index (χ4n) is 5.68. The number of benzene rings is 2. The first kappa shape index (κ1) is 19.9. The molecular formula is C25H27NO5. The van der Waals surface area contributed by atoms with Gasteiger partial charge in [0.15, 0.2) is 17.3 Å². The highest BCUT2D eigenvalue weighted by Gasteiger charge is 2.70. The number of Topliss-reactive ketones (excluding diaryl/α,β-unsaturated/α-hetero) is 1. The summed E-state index contributed by atoms with van der Waals surface area (Å²) in [4.78, 5) is 25.9. The van der Waals surface area contributed by atoms with Crippen LogP contribution in [0, 0.1) is 24.7 Å². The van der Waals surface area contributed by atoms with Crippen molar-refractivity contribution in [3.05, 3.63) is 53.1 Å². The monoisotopic (exact) mass is 421 g/mol. The van der Waals surface area contributed by atoms with Crippen LogP contribution in [0.25, 0.3) is 0 Å². The predicted molar refractivity (Wildman–Crippen MR) is 115 cm³/mol. The first-order chi connectivity index (χ1) is 15.0. The Kier molecular flexibility index (Phi) is 4.68. The van der Waals surface area contributed by atoms with E-state index in [1.165, 1.54) is 0 Å². The summed E-state index contributed by atoms with van der Waals surface area (Å²) < 4.78 is 17.2. The zero-order valence-corrected chi connectivity index (χ0v) is 18.1. The maximum absolute atomic E-state index is 13.0. The SMILES string of the molecule is COc1cccc(CNC(=O)[C@@H]2[C@H]3CC[C@]4(CC(=O)c5cc(C)ccc5O4)[C@H]32)c1OC. The highest BCUT2D eigenvalue weighted by Crippen LogP contribution is 2.65. The molecule has 3 aliphatic rings. The van der Waals surface area contributed by atoms with Crippen LogP contribution < -0.4 is 19.5 Å². The van der Waals surface area contributed by atoms with Crippen molar-refractivity contribution in [2.24, 2.45) is 17.8 Å². The molecule has 2 aliphatic carbocycles. The highest BCUT2D eigenvalue weighted by atomic mass is 16.5. The van der Waals surface area contributed by atoms with Crippen molar-refractivity contribution in [2.75, 3.05) is 14.2 Å². The van der Waals surface area contributed by atoms with E-state index < -0.39 is 5.60 Å². The Bertz CT molecular complexity index is 1060. The van der Waals surface area contributed by atoms with Crippen LogP contribution in [0.5, 0.6) is 17.2 Å². The molecule has 5 rings (SSSR count). The van der Waals surface area contributed by atoms with Crippen LogP contribution in [0.1, 0.15) is 40.7 Å². The van der Waals surface area contributed by atoms with E-state index in [4.69, 9.17) is 14.2 Å². The van der Waals surface area contributed by atoms with E-state index in [2.05, 4.69) is 5.32 Å². The van der Waals surface area contributed by atoms with E-state index in [0.29, 0.717) is 35.8 Å². The summed E-state index contributed by atoms with van der Waals surface area (Å²) in [6.07, 6.45) is 2.10. The van der Waals surface area contributed by atoms with Crippen LogP contribution in [0.3, 0.4) is 0 Å². The van der Waals surface area contributed by atoms with E-state index in [0.717, 1.165) is 24.0 Å². The third-order valence-electron chi connectivity index (χ3n) is 7.13. The van der Waals surface area contributed by atoms with Crippen molar-refractivity contribution in [3.8, 4) is 17.2 Å². The number of amides is 1. The summed E-state index contributed by atoms with van der Waals surface area (Å²) in [5.41, 5.74) is 2.04. The van der Waals surface area contributed by atoms with Gasteiger partial charge in [-0.25, -0.2) is 0 Å². The first-order valence-corrected chi connectivity index (χ1v) is 10.8. The normalized spacial score (nSPS) is 27.8. The number of para-hydroxylation sites is 1. The van der Waals surface area contributed by atoms with Crippen molar-refractivity contribution in [1.82, 2.24) is 5.32 Å². The lowest BCUT2D eigenvalue weighted by atomic mass is 9.84. The van der Waals surface area contributed by atoms with Gasteiger partial charge in [0.1, 0.15) is 11.4 Å². The molecule has 1 N–H and O–H groups in total. The minimum absolute atomic E-state index is 0.0182. The third kappa shape index (κ3) is 3.16. The molecule has 1 amide bonds. The predicted octanol–water partition coefficient (Wildman–Crippen LogP) is 3.69. The maximum atomic E-state index is 13.0. The molecule has 2 aromatic rings. The van der Waals surface area contributed by atoms with E-state index in [1.54, 1.807) is 14.2 Å². The van der Waals surface area contributed by atoms with E-state index >= 15 is 0 Å².